The molecule has 1 rings (SSSR count). The fraction of sp³-hybridized carbons (Fsp3) is 0.333. The molecule has 0 saturated heterocycles. The van der Waals surface area contributed by atoms with Gasteiger partial charge in [0, 0.05) is 5.02 Å². The molecule has 1 nitrogen and oxygen atoms in total. The smallest absolute Gasteiger partial charge is 0.121 e. The van der Waals surface area contributed by atoms with E-state index in [0.717, 1.165) is 5.75 Å². The van der Waals surface area contributed by atoms with Crippen LogP contribution in [-0.2, 0) is 0 Å². The van der Waals surface area contributed by atoms with Crippen LogP contribution in [0.2, 0.25) is 5.02 Å². The molecule has 0 saturated carbocycles. The average Bonchev–Trinajstić information content (AvgIpc) is 2.04. The number of hydrogen-bond donors (Lipinski definition) is 0. The number of ether oxygens (including phenoxy) is 1. The molecule has 0 amide bonds. The van der Waals surface area contributed by atoms with Gasteiger partial charge in [-0.15, -0.1) is 11.6 Å². The third-order valence-corrected chi connectivity index (χ3v) is 2.02. The summed E-state index contributed by atoms with van der Waals surface area (Å²) in [6.07, 6.45) is 0.0186. The Hall–Kier alpha value is -0.400. The molecule has 0 aliphatic heterocycles. The van der Waals surface area contributed by atoms with Gasteiger partial charge in [-0.25, -0.2) is 0 Å². The van der Waals surface area contributed by atoms with Gasteiger partial charge in [-0.1, -0.05) is 17.7 Å². The highest BCUT2D eigenvalue weighted by atomic mass is 35.5. The van der Waals surface area contributed by atoms with Crippen LogP contribution in [0.4, 0.5) is 0 Å². The van der Waals surface area contributed by atoms with Gasteiger partial charge in [0.1, 0.15) is 11.9 Å². The van der Waals surface area contributed by atoms with Gasteiger partial charge in [0.25, 0.3) is 0 Å². The lowest BCUT2D eigenvalue weighted by molar-refractivity contribution is 0.245. The molecule has 0 fully saturated rings. The van der Waals surface area contributed by atoms with Crippen molar-refractivity contribution in [3.05, 3.63) is 29.3 Å². The van der Waals surface area contributed by atoms with E-state index in [1.54, 1.807) is 12.1 Å². The lowest BCUT2D eigenvalue weighted by Crippen LogP contribution is -2.12. The maximum absolute atomic E-state index is 5.76. The second-order valence-corrected chi connectivity index (χ2v) is 3.29. The minimum absolute atomic E-state index is 0.0186. The predicted octanol–water partition coefficient (Wildman–Crippen LogP) is 3.35. The minimum atomic E-state index is 0.0186. The predicted molar refractivity (Wildman–Crippen MR) is 52.3 cm³/mol. The molecule has 1 atom stereocenters. The maximum atomic E-state index is 5.76. The first kappa shape index (κ1) is 9.69. The van der Waals surface area contributed by atoms with Gasteiger partial charge in [0.05, 0.1) is 5.88 Å². The zero-order valence-corrected chi connectivity index (χ0v) is 8.27. The lowest BCUT2D eigenvalue weighted by atomic mass is 10.3. The van der Waals surface area contributed by atoms with E-state index >= 15 is 0 Å². The normalized spacial score (nSPS) is 12.6. The Kier molecular flexibility index (Phi) is 3.70. The van der Waals surface area contributed by atoms with E-state index in [-0.39, 0.29) is 6.10 Å². The molecule has 12 heavy (non-hydrogen) atoms. The molecular formula is C9H10Cl2O. The van der Waals surface area contributed by atoms with Gasteiger partial charge in [0.2, 0.25) is 0 Å². The maximum Gasteiger partial charge on any atom is 0.121 e. The monoisotopic (exact) mass is 204 g/mol. The van der Waals surface area contributed by atoms with E-state index in [2.05, 4.69) is 0 Å². The molecule has 3 heteroatoms. The van der Waals surface area contributed by atoms with Crippen LogP contribution >= 0.6 is 23.2 Å². The second kappa shape index (κ2) is 4.58. The Balaban J connectivity index is 2.63. The Bertz CT molecular complexity index is 250. The molecule has 0 spiro atoms. The third kappa shape index (κ3) is 2.92. The molecule has 0 aromatic heterocycles. The van der Waals surface area contributed by atoms with Crippen molar-refractivity contribution in [3.63, 3.8) is 0 Å². The van der Waals surface area contributed by atoms with Crippen molar-refractivity contribution in [2.24, 2.45) is 0 Å². The van der Waals surface area contributed by atoms with E-state index in [4.69, 9.17) is 27.9 Å². The summed E-state index contributed by atoms with van der Waals surface area (Å²) in [5.74, 6) is 1.24. The zero-order chi connectivity index (χ0) is 8.97. The average molecular weight is 205 g/mol. The molecule has 0 aliphatic rings. The largest absolute Gasteiger partial charge is 0.489 e. The number of benzene rings is 1. The van der Waals surface area contributed by atoms with E-state index in [1.165, 1.54) is 0 Å². The van der Waals surface area contributed by atoms with Gasteiger partial charge in [-0.05, 0) is 25.1 Å². The van der Waals surface area contributed by atoms with Crippen LogP contribution in [0.1, 0.15) is 6.92 Å². The number of halogens is 2. The molecule has 0 aliphatic carbocycles. The molecule has 0 N–H and O–H groups in total. The number of rotatable bonds is 3. The quantitative estimate of drug-likeness (QED) is 0.687. The summed E-state index contributed by atoms with van der Waals surface area (Å²) < 4.78 is 5.43. The first-order chi connectivity index (χ1) is 5.72. The third-order valence-electron chi connectivity index (χ3n) is 1.35. The Morgan fingerprint density at radius 1 is 1.50 bits per heavy atom. The van der Waals surface area contributed by atoms with E-state index < -0.39 is 0 Å². The van der Waals surface area contributed by atoms with Crippen LogP contribution in [0, 0.1) is 0 Å². The Morgan fingerprint density at radius 2 is 2.25 bits per heavy atom. The van der Waals surface area contributed by atoms with Crippen molar-refractivity contribution in [1.82, 2.24) is 0 Å². The van der Waals surface area contributed by atoms with Gasteiger partial charge in [-0.3, -0.25) is 0 Å². The Labute approximate surface area is 82.2 Å². The van der Waals surface area contributed by atoms with Crippen molar-refractivity contribution in [2.45, 2.75) is 13.0 Å². The van der Waals surface area contributed by atoms with Crippen LogP contribution in [0.5, 0.6) is 5.75 Å². The van der Waals surface area contributed by atoms with Gasteiger partial charge in [-0.2, -0.15) is 0 Å². The van der Waals surface area contributed by atoms with Crippen molar-refractivity contribution in [1.29, 1.82) is 0 Å². The van der Waals surface area contributed by atoms with Crippen molar-refractivity contribution in [2.75, 3.05) is 5.88 Å². The minimum Gasteiger partial charge on any atom is -0.489 e. The van der Waals surface area contributed by atoms with Crippen LogP contribution in [0.3, 0.4) is 0 Å². The first-order valence-corrected chi connectivity index (χ1v) is 4.62. The van der Waals surface area contributed by atoms with Crippen LogP contribution in [0.25, 0.3) is 0 Å². The van der Waals surface area contributed by atoms with Crippen molar-refractivity contribution in [3.8, 4) is 5.75 Å². The zero-order valence-electron chi connectivity index (χ0n) is 6.76. The molecule has 0 radical (unpaired) electrons. The van der Waals surface area contributed by atoms with Gasteiger partial charge < -0.3 is 4.74 Å². The molecule has 0 bridgehead atoms. The van der Waals surface area contributed by atoms with Gasteiger partial charge >= 0.3 is 0 Å². The summed E-state index contributed by atoms with van der Waals surface area (Å²) in [6, 6.07) is 7.28. The van der Waals surface area contributed by atoms with E-state index in [0.29, 0.717) is 10.9 Å². The fourth-order valence-corrected chi connectivity index (χ4v) is 1.05. The van der Waals surface area contributed by atoms with Crippen LogP contribution in [0.15, 0.2) is 24.3 Å². The number of hydrogen-bond acceptors (Lipinski definition) is 1. The molecule has 1 aromatic carbocycles. The van der Waals surface area contributed by atoms with E-state index in [1.807, 2.05) is 19.1 Å². The molecule has 1 aromatic rings. The van der Waals surface area contributed by atoms with E-state index in [9.17, 15) is 0 Å². The summed E-state index contributed by atoms with van der Waals surface area (Å²) in [5, 5.41) is 0.675. The summed E-state index contributed by atoms with van der Waals surface area (Å²) >= 11 is 11.3. The van der Waals surface area contributed by atoms with Crippen LogP contribution in [-0.4, -0.2) is 12.0 Å². The topological polar surface area (TPSA) is 9.23 Å². The SMILES string of the molecule is CC(CCl)Oc1cccc(Cl)c1. The highest BCUT2D eigenvalue weighted by molar-refractivity contribution is 6.30. The molecule has 1 unspecified atom stereocenters. The Morgan fingerprint density at radius 3 is 2.83 bits per heavy atom. The molecular weight excluding hydrogens is 195 g/mol. The number of alkyl halides is 1. The lowest BCUT2D eigenvalue weighted by Gasteiger charge is -2.11. The van der Waals surface area contributed by atoms with Crippen molar-refractivity contribution >= 4 is 23.2 Å². The molecule has 66 valence electrons. The molecule has 0 heterocycles. The highest BCUT2D eigenvalue weighted by Crippen LogP contribution is 2.18. The second-order valence-electron chi connectivity index (χ2n) is 2.54. The summed E-state index contributed by atoms with van der Waals surface area (Å²) in [7, 11) is 0. The van der Waals surface area contributed by atoms with Crippen LogP contribution < -0.4 is 4.74 Å². The summed E-state index contributed by atoms with van der Waals surface area (Å²) in [5.41, 5.74) is 0. The summed E-state index contributed by atoms with van der Waals surface area (Å²) in [4.78, 5) is 0. The summed E-state index contributed by atoms with van der Waals surface area (Å²) in [6.45, 7) is 1.91. The fourth-order valence-electron chi connectivity index (χ4n) is 0.804. The first-order valence-electron chi connectivity index (χ1n) is 3.70. The highest BCUT2D eigenvalue weighted by Gasteiger charge is 2.01. The van der Waals surface area contributed by atoms with Gasteiger partial charge in [0.15, 0.2) is 0 Å². The standard InChI is InChI=1S/C9H10Cl2O/c1-7(6-10)12-9-4-2-3-8(11)5-9/h2-5,7H,6H2,1H3. The van der Waals surface area contributed by atoms with Crippen molar-refractivity contribution < 1.29 is 4.74 Å².